The molecule has 152 valence electrons. The third-order valence-electron chi connectivity index (χ3n) is 5.76. The molecule has 1 atom stereocenters. The third-order valence-corrected chi connectivity index (χ3v) is 5.76. The van der Waals surface area contributed by atoms with Crippen molar-refractivity contribution in [2.24, 2.45) is 5.92 Å². The molecular weight excluding hydrogens is 383 g/mol. The molecule has 0 amide bonds. The van der Waals surface area contributed by atoms with Crippen molar-refractivity contribution in [1.29, 1.82) is 0 Å². The molecule has 1 aliphatic carbocycles. The van der Waals surface area contributed by atoms with Crippen molar-refractivity contribution in [1.82, 2.24) is 18.7 Å². The Kier molecular flexibility index (Phi) is 4.38. The van der Waals surface area contributed by atoms with Crippen molar-refractivity contribution in [2.75, 3.05) is 0 Å². The fourth-order valence-electron chi connectivity index (χ4n) is 3.90. The highest BCUT2D eigenvalue weighted by Gasteiger charge is 2.27. The quantitative estimate of drug-likeness (QED) is 0.511. The first-order chi connectivity index (χ1) is 14.5. The fraction of sp³-hybridized carbons (Fsp3) is 0.261. The molecular formula is C23H21FN4O2. The van der Waals surface area contributed by atoms with E-state index in [1.54, 1.807) is 23.0 Å². The van der Waals surface area contributed by atoms with Gasteiger partial charge in [-0.25, -0.2) is 18.7 Å². The number of benzene rings is 2. The number of hydrogen-bond donors (Lipinski definition) is 0. The maximum atomic E-state index is 13.9. The van der Waals surface area contributed by atoms with Crippen LogP contribution in [0.5, 0.6) is 0 Å². The van der Waals surface area contributed by atoms with Crippen molar-refractivity contribution in [3.63, 3.8) is 0 Å². The molecule has 6 nitrogen and oxygen atoms in total. The second-order valence-corrected chi connectivity index (χ2v) is 7.87. The predicted molar refractivity (Wildman–Crippen MR) is 113 cm³/mol. The Morgan fingerprint density at radius 1 is 1.10 bits per heavy atom. The van der Waals surface area contributed by atoms with E-state index in [-0.39, 0.29) is 17.2 Å². The molecule has 1 fully saturated rings. The van der Waals surface area contributed by atoms with Gasteiger partial charge in [0.25, 0.3) is 5.56 Å². The maximum Gasteiger partial charge on any atom is 0.337 e. The number of imidazole rings is 1. The van der Waals surface area contributed by atoms with Crippen LogP contribution < -0.4 is 11.2 Å². The van der Waals surface area contributed by atoms with Crippen LogP contribution in [-0.4, -0.2) is 18.7 Å². The zero-order chi connectivity index (χ0) is 20.8. The van der Waals surface area contributed by atoms with Gasteiger partial charge < -0.3 is 4.57 Å². The van der Waals surface area contributed by atoms with Gasteiger partial charge in [0, 0.05) is 6.54 Å². The van der Waals surface area contributed by atoms with E-state index < -0.39 is 11.5 Å². The minimum Gasteiger partial charge on any atom is -0.317 e. The molecule has 4 aromatic rings. The summed E-state index contributed by atoms with van der Waals surface area (Å²) in [5, 5.41) is 0. The van der Waals surface area contributed by atoms with Crippen LogP contribution in [0, 0.1) is 11.7 Å². The number of nitrogens with zero attached hydrogens (tertiary/aromatic N) is 4. The largest absolute Gasteiger partial charge is 0.337 e. The SMILES string of the molecule is C[C@H](c1ccccc1)n1cnc2c1c(=O)n(CC1CC1)c(=O)n2-c1cccc(F)c1. The smallest absolute Gasteiger partial charge is 0.317 e. The Labute approximate surface area is 171 Å². The Morgan fingerprint density at radius 2 is 1.87 bits per heavy atom. The van der Waals surface area contributed by atoms with Crippen molar-refractivity contribution in [2.45, 2.75) is 32.4 Å². The zero-order valence-corrected chi connectivity index (χ0v) is 16.5. The minimum absolute atomic E-state index is 0.156. The molecule has 0 unspecified atom stereocenters. The van der Waals surface area contributed by atoms with Gasteiger partial charge >= 0.3 is 5.69 Å². The molecule has 0 spiro atoms. The highest BCUT2D eigenvalue weighted by atomic mass is 19.1. The molecule has 0 aliphatic heterocycles. The summed E-state index contributed by atoms with van der Waals surface area (Å²) in [7, 11) is 0. The summed E-state index contributed by atoms with van der Waals surface area (Å²) in [6.07, 6.45) is 3.59. The number of halogens is 1. The van der Waals surface area contributed by atoms with Crippen molar-refractivity contribution in [3.8, 4) is 5.69 Å². The van der Waals surface area contributed by atoms with E-state index in [9.17, 15) is 14.0 Å². The molecule has 1 saturated carbocycles. The number of rotatable bonds is 5. The standard InChI is InChI=1S/C23H21FN4O2/c1-15(17-6-3-2-4-7-17)27-14-25-21-20(27)22(29)26(13-16-10-11-16)23(30)28(21)19-9-5-8-18(24)12-19/h2-9,12,14-16H,10-11,13H2,1H3/t15-/m1/s1. The molecule has 0 N–H and O–H groups in total. The van der Waals surface area contributed by atoms with Crippen LogP contribution in [0.4, 0.5) is 4.39 Å². The van der Waals surface area contributed by atoms with E-state index >= 15 is 0 Å². The first kappa shape index (κ1) is 18.5. The van der Waals surface area contributed by atoms with Gasteiger partial charge in [0.2, 0.25) is 0 Å². The van der Waals surface area contributed by atoms with Crippen molar-refractivity contribution >= 4 is 11.2 Å². The fourth-order valence-corrected chi connectivity index (χ4v) is 3.90. The Balaban J connectivity index is 1.80. The minimum atomic E-state index is -0.484. The second kappa shape index (κ2) is 7.09. The summed E-state index contributed by atoms with van der Waals surface area (Å²) >= 11 is 0. The number of fused-ring (bicyclic) bond motifs is 1. The molecule has 5 rings (SSSR count). The van der Waals surface area contributed by atoms with Gasteiger partial charge in [0.15, 0.2) is 11.2 Å². The zero-order valence-electron chi connectivity index (χ0n) is 16.5. The van der Waals surface area contributed by atoms with Crippen LogP contribution in [-0.2, 0) is 6.54 Å². The molecule has 30 heavy (non-hydrogen) atoms. The van der Waals surface area contributed by atoms with Gasteiger partial charge in [-0.15, -0.1) is 0 Å². The first-order valence-corrected chi connectivity index (χ1v) is 10.1. The Morgan fingerprint density at radius 3 is 2.57 bits per heavy atom. The summed E-state index contributed by atoms with van der Waals surface area (Å²) in [5.41, 5.74) is 1.12. The molecule has 2 heterocycles. The molecule has 7 heteroatoms. The highest BCUT2D eigenvalue weighted by Crippen LogP contribution is 2.30. The van der Waals surface area contributed by atoms with Gasteiger partial charge in [-0.2, -0.15) is 0 Å². The van der Waals surface area contributed by atoms with Gasteiger partial charge in [-0.1, -0.05) is 36.4 Å². The van der Waals surface area contributed by atoms with E-state index in [4.69, 9.17) is 0 Å². The lowest BCUT2D eigenvalue weighted by Gasteiger charge is -2.16. The summed E-state index contributed by atoms with van der Waals surface area (Å²) in [6.45, 7) is 2.35. The van der Waals surface area contributed by atoms with E-state index in [0.29, 0.717) is 23.7 Å². The van der Waals surface area contributed by atoms with Crippen LogP contribution >= 0.6 is 0 Å². The molecule has 2 aromatic carbocycles. The van der Waals surface area contributed by atoms with Crippen LogP contribution in [0.25, 0.3) is 16.9 Å². The molecule has 0 saturated heterocycles. The monoisotopic (exact) mass is 404 g/mol. The summed E-state index contributed by atoms with van der Waals surface area (Å²) in [5.74, 6) is -0.124. The molecule has 0 bridgehead atoms. The van der Waals surface area contributed by atoms with Gasteiger partial charge in [-0.05, 0) is 49.4 Å². The van der Waals surface area contributed by atoms with E-state index in [2.05, 4.69) is 4.98 Å². The van der Waals surface area contributed by atoms with Gasteiger partial charge in [0.1, 0.15) is 5.82 Å². The van der Waals surface area contributed by atoms with Crippen LogP contribution in [0.1, 0.15) is 31.4 Å². The molecule has 2 aromatic heterocycles. The van der Waals surface area contributed by atoms with E-state index in [0.717, 1.165) is 18.4 Å². The summed E-state index contributed by atoms with van der Waals surface area (Å²) in [6, 6.07) is 15.4. The molecule has 1 aliphatic rings. The lowest BCUT2D eigenvalue weighted by Crippen LogP contribution is -2.40. The normalized spacial score (nSPS) is 14.9. The average molecular weight is 404 g/mol. The Hall–Kier alpha value is -3.48. The van der Waals surface area contributed by atoms with Crippen LogP contribution in [0.3, 0.4) is 0 Å². The van der Waals surface area contributed by atoms with Gasteiger partial charge in [-0.3, -0.25) is 9.36 Å². The average Bonchev–Trinajstić information content (AvgIpc) is 3.47. The topological polar surface area (TPSA) is 61.8 Å². The summed E-state index contributed by atoms with van der Waals surface area (Å²) in [4.78, 5) is 31.1. The predicted octanol–water partition coefficient (Wildman–Crippen LogP) is 3.51. The van der Waals surface area contributed by atoms with Gasteiger partial charge in [0.05, 0.1) is 18.1 Å². The number of hydrogen-bond acceptors (Lipinski definition) is 3. The van der Waals surface area contributed by atoms with Crippen LogP contribution in [0.2, 0.25) is 0 Å². The van der Waals surface area contributed by atoms with Crippen LogP contribution in [0.15, 0.2) is 70.5 Å². The summed E-state index contributed by atoms with van der Waals surface area (Å²) < 4.78 is 18.3. The first-order valence-electron chi connectivity index (χ1n) is 10.1. The molecule has 0 radical (unpaired) electrons. The number of aromatic nitrogens is 4. The third kappa shape index (κ3) is 3.07. The van der Waals surface area contributed by atoms with Crippen molar-refractivity contribution < 1.29 is 4.39 Å². The Bertz CT molecular complexity index is 1350. The maximum absolute atomic E-state index is 13.9. The van der Waals surface area contributed by atoms with Crippen molar-refractivity contribution in [3.05, 3.63) is 93.1 Å². The second-order valence-electron chi connectivity index (χ2n) is 7.87. The highest BCUT2D eigenvalue weighted by molar-refractivity contribution is 5.72. The lowest BCUT2D eigenvalue weighted by atomic mass is 10.1. The van der Waals surface area contributed by atoms with E-state index in [1.165, 1.54) is 21.3 Å². The van der Waals surface area contributed by atoms with E-state index in [1.807, 2.05) is 37.3 Å². The lowest BCUT2D eigenvalue weighted by molar-refractivity contribution is 0.563.